The van der Waals surface area contributed by atoms with Crippen molar-refractivity contribution in [1.82, 2.24) is 19.7 Å². The Hall–Kier alpha value is -3.04. The highest BCUT2D eigenvalue weighted by Crippen LogP contribution is 2.17. The van der Waals surface area contributed by atoms with Crippen molar-refractivity contribution in [3.05, 3.63) is 71.8 Å². The Morgan fingerprint density at radius 1 is 1.10 bits per heavy atom. The summed E-state index contributed by atoms with van der Waals surface area (Å²) >= 11 is 0. The van der Waals surface area contributed by atoms with Crippen LogP contribution < -0.4 is 5.14 Å². The number of carbonyl (C=O) groups is 1. The first-order chi connectivity index (χ1) is 14.6. The molecule has 1 heterocycles. The van der Waals surface area contributed by atoms with Gasteiger partial charge in [-0.1, -0.05) is 44.2 Å². The van der Waals surface area contributed by atoms with E-state index in [1.54, 1.807) is 28.8 Å². The van der Waals surface area contributed by atoms with Gasteiger partial charge >= 0.3 is 0 Å². The average molecular weight is 442 g/mol. The van der Waals surface area contributed by atoms with Gasteiger partial charge < -0.3 is 4.90 Å². The molecule has 0 saturated carbocycles. The lowest BCUT2D eigenvalue weighted by molar-refractivity contribution is 0.0777. The third kappa shape index (κ3) is 5.77. The number of hydrogen-bond donors (Lipinski definition) is 1. The van der Waals surface area contributed by atoms with E-state index < -0.39 is 10.0 Å². The molecule has 0 fully saturated rings. The van der Waals surface area contributed by atoms with Crippen LogP contribution in [0.2, 0.25) is 0 Å². The molecule has 0 radical (unpaired) electrons. The molecule has 164 valence electrons. The summed E-state index contributed by atoms with van der Waals surface area (Å²) in [7, 11) is -2.06. The molecule has 31 heavy (non-hydrogen) atoms. The molecule has 0 aliphatic carbocycles. The fourth-order valence-electron chi connectivity index (χ4n) is 3.04. The lowest BCUT2D eigenvalue weighted by Gasteiger charge is -2.16. The highest BCUT2D eigenvalue weighted by molar-refractivity contribution is 7.89. The number of nitrogens with two attached hydrogens (primary N) is 1. The highest BCUT2D eigenvalue weighted by Gasteiger charge is 2.21. The Bertz CT molecular complexity index is 1140. The quantitative estimate of drug-likeness (QED) is 0.578. The normalized spacial score (nSPS) is 11.6. The molecular weight excluding hydrogens is 414 g/mol. The molecule has 3 rings (SSSR count). The Morgan fingerprint density at radius 2 is 1.74 bits per heavy atom. The van der Waals surface area contributed by atoms with Crippen LogP contribution in [-0.4, -0.2) is 47.6 Å². The smallest absolute Gasteiger partial charge is 0.293 e. The summed E-state index contributed by atoms with van der Waals surface area (Å²) in [5.41, 5.74) is 1.61. The van der Waals surface area contributed by atoms with Crippen LogP contribution in [0, 0.1) is 5.92 Å². The number of aromatic nitrogens is 3. The van der Waals surface area contributed by atoms with Crippen LogP contribution in [0.15, 0.2) is 59.5 Å². The molecule has 0 saturated heterocycles. The number of carbonyl (C=O) groups excluding carboxylic acids is 1. The van der Waals surface area contributed by atoms with Crippen molar-refractivity contribution >= 4 is 15.9 Å². The first-order valence-electron chi connectivity index (χ1n) is 10.0. The van der Waals surface area contributed by atoms with Crippen LogP contribution in [0.25, 0.3) is 5.69 Å². The zero-order chi connectivity index (χ0) is 22.6. The molecule has 0 aliphatic heterocycles. The molecule has 9 heteroatoms. The maximum atomic E-state index is 12.9. The second-order valence-electron chi connectivity index (χ2n) is 7.87. The second-order valence-corrected chi connectivity index (χ2v) is 9.44. The van der Waals surface area contributed by atoms with E-state index in [0.717, 1.165) is 12.0 Å². The van der Waals surface area contributed by atoms with Crippen LogP contribution in [0.1, 0.15) is 42.3 Å². The van der Waals surface area contributed by atoms with Gasteiger partial charge in [0, 0.05) is 20.0 Å². The van der Waals surface area contributed by atoms with Crippen LogP contribution in [-0.2, 0) is 16.4 Å². The van der Waals surface area contributed by atoms with Gasteiger partial charge in [0.1, 0.15) is 5.82 Å². The minimum atomic E-state index is -3.80. The first-order valence-corrected chi connectivity index (χ1v) is 11.6. The van der Waals surface area contributed by atoms with E-state index in [-0.39, 0.29) is 16.6 Å². The Balaban J connectivity index is 1.97. The lowest BCUT2D eigenvalue weighted by Crippen LogP contribution is -2.29. The second kappa shape index (κ2) is 9.40. The molecule has 0 bridgehead atoms. The van der Waals surface area contributed by atoms with Crippen molar-refractivity contribution in [2.45, 2.75) is 31.6 Å². The van der Waals surface area contributed by atoms with E-state index in [1.807, 2.05) is 30.3 Å². The van der Waals surface area contributed by atoms with Gasteiger partial charge in [0.25, 0.3) is 5.91 Å². The van der Waals surface area contributed by atoms with Gasteiger partial charge in [-0.2, -0.15) is 0 Å². The topological polar surface area (TPSA) is 111 Å². The van der Waals surface area contributed by atoms with Gasteiger partial charge in [-0.05, 0) is 42.2 Å². The van der Waals surface area contributed by atoms with E-state index in [2.05, 4.69) is 23.9 Å². The molecular formula is C22H27N5O3S. The molecule has 0 atom stereocenters. The number of hydrogen-bond acceptors (Lipinski definition) is 5. The van der Waals surface area contributed by atoms with E-state index in [4.69, 9.17) is 5.14 Å². The van der Waals surface area contributed by atoms with Gasteiger partial charge in [0.2, 0.25) is 15.8 Å². The molecule has 0 unspecified atom stereocenters. The van der Waals surface area contributed by atoms with E-state index in [1.165, 1.54) is 12.1 Å². The molecule has 2 N–H and O–H groups in total. The summed E-state index contributed by atoms with van der Waals surface area (Å²) in [6.07, 6.45) is 1.35. The fourth-order valence-corrected chi connectivity index (χ4v) is 3.55. The Labute approximate surface area is 182 Å². The van der Waals surface area contributed by atoms with E-state index in [0.29, 0.717) is 30.4 Å². The highest BCUT2D eigenvalue weighted by atomic mass is 32.2. The first kappa shape index (κ1) is 22.6. The van der Waals surface area contributed by atoms with Gasteiger partial charge in [-0.25, -0.2) is 23.2 Å². The lowest BCUT2D eigenvalue weighted by atomic mass is 10.1. The summed E-state index contributed by atoms with van der Waals surface area (Å²) in [4.78, 5) is 19.0. The Kier molecular flexibility index (Phi) is 6.87. The summed E-state index contributed by atoms with van der Waals surface area (Å²) in [5, 5.41) is 9.64. The van der Waals surface area contributed by atoms with Gasteiger partial charge in [-0.15, -0.1) is 5.10 Å². The Morgan fingerprint density at radius 3 is 2.32 bits per heavy atom. The molecule has 1 aromatic heterocycles. The van der Waals surface area contributed by atoms with Gasteiger partial charge in [0.05, 0.1) is 10.6 Å². The molecule has 0 aliphatic rings. The van der Waals surface area contributed by atoms with Gasteiger partial charge in [-0.3, -0.25) is 4.79 Å². The molecule has 0 spiro atoms. The third-order valence-electron chi connectivity index (χ3n) is 4.87. The van der Waals surface area contributed by atoms with Crippen LogP contribution in [0.4, 0.5) is 0 Å². The van der Waals surface area contributed by atoms with E-state index in [9.17, 15) is 13.2 Å². The van der Waals surface area contributed by atoms with Crippen molar-refractivity contribution in [2.24, 2.45) is 11.1 Å². The largest absolute Gasteiger partial charge is 0.339 e. The van der Waals surface area contributed by atoms with E-state index >= 15 is 0 Å². The number of nitrogens with zero attached hydrogens (tertiary/aromatic N) is 4. The summed E-state index contributed by atoms with van der Waals surface area (Å²) in [5.74, 6) is 0.907. The van der Waals surface area contributed by atoms with Crippen molar-refractivity contribution in [3.63, 3.8) is 0 Å². The van der Waals surface area contributed by atoms with Crippen LogP contribution >= 0.6 is 0 Å². The SMILES string of the molecule is CC(C)CCN(C)C(=O)c1nc(Cc2ccccc2)n(-c2ccc(S(N)(=O)=O)cc2)n1. The third-order valence-corrected chi connectivity index (χ3v) is 5.80. The molecule has 3 aromatic rings. The standard InChI is InChI=1S/C22H27N5O3S/c1-16(2)13-14-26(3)22(28)21-24-20(15-17-7-5-4-6-8-17)27(25-21)18-9-11-19(12-10-18)31(23,29)30/h4-12,16H,13-15H2,1-3H3,(H2,23,29,30). The molecule has 8 nitrogen and oxygen atoms in total. The zero-order valence-electron chi connectivity index (χ0n) is 17.9. The minimum Gasteiger partial charge on any atom is -0.339 e. The number of primary sulfonamides is 1. The van der Waals surface area contributed by atoms with Gasteiger partial charge in [0.15, 0.2) is 0 Å². The van der Waals surface area contributed by atoms with Crippen molar-refractivity contribution in [1.29, 1.82) is 0 Å². The van der Waals surface area contributed by atoms with Crippen molar-refractivity contribution < 1.29 is 13.2 Å². The summed E-state index contributed by atoms with van der Waals surface area (Å²) in [6, 6.07) is 15.8. The maximum Gasteiger partial charge on any atom is 0.293 e. The predicted molar refractivity (Wildman–Crippen MR) is 118 cm³/mol. The summed E-state index contributed by atoms with van der Waals surface area (Å²) in [6.45, 7) is 4.82. The van der Waals surface area contributed by atoms with Crippen molar-refractivity contribution in [2.75, 3.05) is 13.6 Å². The zero-order valence-corrected chi connectivity index (χ0v) is 18.7. The van der Waals surface area contributed by atoms with Crippen molar-refractivity contribution in [3.8, 4) is 5.69 Å². The number of sulfonamides is 1. The number of benzene rings is 2. The fraction of sp³-hybridized carbons (Fsp3) is 0.318. The summed E-state index contributed by atoms with van der Waals surface area (Å²) < 4.78 is 24.7. The average Bonchev–Trinajstić information content (AvgIpc) is 3.15. The number of rotatable bonds is 8. The predicted octanol–water partition coefficient (Wildman–Crippen LogP) is 2.62. The van der Waals surface area contributed by atoms with Crippen LogP contribution in [0.5, 0.6) is 0 Å². The monoisotopic (exact) mass is 441 g/mol. The minimum absolute atomic E-state index is 0.00527. The molecule has 1 amide bonds. The molecule has 2 aromatic carbocycles. The number of amides is 1. The van der Waals surface area contributed by atoms with Crippen LogP contribution in [0.3, 0.4) is 0 Å². The maximum absolute atomic E-state index is 12.9.